The number of nitrogens with zero attached hydrogens (tertiary/aromatic N) is 1. The Hall–Kier alpha value is -2.19. The molecule has 2 saturated heterocycles. The number of hydrogen-bond acceptors (Lipinski definition) is 18. The molecule has 45 heavy (non-hydrogen) atoms. The molecule has 2 N–H and O–H groups in total. The summed E-state index contributed by atoms with van der Waals surface area (Å²) in [5.74, 6) is 0.622. The Morgan fingerprint density at radius 1 is 0.667 bits per heavy atom. The van der Waals surface area contributed by atoms with Crippen molar-refractivity contribution in [3.63, 3.8) is 0 Å². The number of carbonyl (C=O) groups is 6. The molecule has 0 saturated carbocycles. The van der Waals surface area contributed by atoms with E-state index in [1.54, 1.807) is 35.4 Å². The zero-order valence-corrected chi connectivity index (χ0v) is 28.3. The predicted molar refractivity (Wildman–Crippen MR) is 177 cm³/mol. The highest BCUT2D eigenvalue weighted by atomic mass is 33.1. The number of nitrogens with two attached hydrogens (primary N) is 1. The van der Waals surface area contributed by atoms with Gasteiger partial charge in [0.1, 0.15) is 0 Å². The van der Waals surface area contributed by atoms with Crippen LogP contribution in [0.2, 0.25) is 0 Å². The highest BCUT2D eigenvalue weighted by molar-refractivity contribution is 8.77. The Balaban J connectivity index is 0.000000922. The van der Waals surface area contributed by atoms with Gasteiger partial charge in [-0.2, -0.15) is 0 Å². The first kappa shape index (κ1) is 42.8. The molecule has 247 valence electrons. The molecule has 0 aromatic heterocycles. The molecule has 3 radical (unpaired) electrons. The fraction of sp³-hybridized carbons (Fsp3) is 0.583. The zero-order valence-electron chi connectivity index (χ0n) is 25.1. The van der Waals surface area contributed by atoms with Gasteiger partial charge in [-0.05, 0) is 0 Å². The van der Waals surface area contributed by atoms with Crippen molar-refractivity contribution in [1.29, 1.82) is 0 Å². The molecular weight excluding hydrogens is 669 g/mol. The Morgan fingerprint density at radius 3 is 1.36 bits per heavy atom. The number of carbonyl (C=O) groups excluding carboxylic acids is 6. The SMILES string of the molecule is C=CC(=O)O[B]OC(=O)C=C.CCC(=O)O[B]OC(=O)CCN(CCC(=O)O[B]OC(=O)CC)C1CSSC1.NC1CSSC1. The van der Waals surface area contributed by atoms with Crippen LogP contribution in [-0.4, -0.2) is 112 Å². The van der Waals surface area contributed by atoms with E-state index in [9.17, 15) is 28.8 Å². The summed E-state index contributed by atoms with van der Waals surface area (Å²) in [4.78, 5) is 68.1. The van der Waals surface area contributed by atoms with E-state index in [0.717, 1.165) is 50.5 Å². The maximum atomic E-state index is 11.8. The van der Waals surface area contributed by atoms with E-state index in [2.05, 4.69) is 31.8 Å². The zero-order chi connectivity index (χ0) is 33.9. The van der Waals surface area contributed by atoms with Crippen LogP contribution in [0.5, 0.6) is 0 Å². The van der Waals surface area contributed by atoms with Gasteiger partial charge >= 0.3 is 35.0 Å². The molecule has 0 spiro atoms. The Kier molecular flexibility index (Phi) is 26.7. The maximum absolute atomic E-state index is 11.8. The van der Waals surface area contributed by atoms with Crippen molar-refractivity contribution >= 4 is 102 Å². The fourth-order valence-electron chi connectivity index (χ4n) is 2.54. The van der Waals surface area contributed by atoms with Gasteiger partial charge < -0.3 is 33.7 Å². The monoisotopic (exact) mass is 705 g/mol. The Morgan fingerprint density at radius 2 is 1.02 bits per heavy atom. The molecule has 0 aromatic rings. The molecule has 2 rings (SSSR count). The van der Waals surface area contributed by atoms with Gasteiger partial charge in [-0.1, -0.05) is 70.2 Å². The first-order valence-corrected chi connectivity index (χ1v) is 18.4. The van der Waals surface area contributed by atoms with E-state index < -0.39 is 35.8 Å². The smallest absolute Gasteiger partial charge is 0.500 e. The molecule has 0 atom stereocenters. The molecule has 0 bridgehead atoms. The highest BCUT2D eigenvalue weighted by Crippen LogP contribution is 2.33. The summed E-state index contributed by atoms with van der Waals surface area (Å²) in [7, 11) is 9.32. The third-order valence-corrected chi connectivity index (χ3v) is 10.1. The molecular formula is C24H36B3N2O12S4. The first-order chi connectivity index (χ1) is 21.6. The molecule has 0 aromatic carbocycles. The molecule has 2 fully saturated rings. The molecule has 0 amide bonds. The van der Waals surface area contributed by atoms with Crippen molar-refractivity contribution in [2.24, 2.45) is 5.73 Å². The minimum absolute atomic E-state index is 0.0846. The molecule has 14 nitrogen and oxygen atoms in total. The van der Waals surface area contributed by atoms with Crippen molar-refractivity contribution in [3.05, 3.63) is 25.3 Å². The third kappa shape index (κ3) is 24.7. The van der Waals surface area contributed by atoms with E-state index in [1.807, 2.05) is 26.5 Å². The minimum atomic E-state index is -0.693. The van der Waals surface area contributed by atoms with Gasteiger partial charge in [-0.3, -0.25) is 24.1 Å². The van der Waals surface area contributed by atoms with Crippen molar-refractivity contribution < 1.29 is 56.7 Å². The van der Waals surface area contributed by atoms with Crippen molar-refractivity contribution in [2.45, 2.75) is 51.6 Å². The second-order valence-corrected chi connectivity index (χ2v) is 13.4. The Bertz CT molecular complexity index is 900. The summed E-state index contributed by atoms with van der Waals surface area (Å²) in [6.45, 7) is 10.3. The van der Waals surface area contributed by atoms with E-state index in [1.165, 1.54) is 0 Å². The van der Waals surface area contributed by atoms with Gasteiger partial charge in [0.2, 0.25) is 0 Å². The summed E-state index contributed by atoms with van der Waals surface area (Å²) < 4.78 is 27.0. The van der Waals surface area contributed by atoms with Crippen molar-refractivity contribution in [1.82, 2.24) is 4.90 Å². The predicted octanol–water partition coefficient (Wildman–Crippen LogP) is 1.58. The lowest BCUT2D eigenvalue weighted by Crippen LogP contribution is -2.40. The van der Waals surface area contributed by atoms with Gasteiger partial charge in [0.05, 0.1) is 12.8 Å². The van der Waals surface area contributed by atoms with Crippen LogP contribution < -0.4 is 5.73 Å². The molecule has 2 heterocycles. The van der Waals surface area contributed by atoms with E-state index in [-0.39, 0.29) is 31.7 Å². The minimum Gasteiger partial charge on any atom is -0.500 e. The Labute approximate surface area is 281 Å². The van der Waals surface area contributed by atoms with Crippen molar-refractivity contribution in [3.8, 4) is 0 Å². The van der Waals surface area contributed by atoms with Gasteiger partial charge in [0.25, 0.3) is 23.9 Å². The van der Waals surface area contributed by atoms with Gasteiger partial charge in [-0.25, -0.2) is 9.59 Å². The van der Waals surface area contributed by atoms with Crippen LogP contribution in [0.15, 0.2) is 25.3 Å². The lowest BCUT2D eigenvalue weighted by Gasteiger charge is -2.27. The maximum Gasteiger partial charge on any atom is 0.662 e. The summed E-state index contributed by atoms with van der Waals surface area (Å²) >= 11 is 0. The van der Waals surface area contributed by atoms with Crippen LogP contribution >= 0.6 is 43.2 Å². The molecule has 0 aliphatic carbocycles. The summed E-state index contributed by atoms with van der Waals surface area (Å²) in [5.41, 5.74) is 5.49. The topological polar surface area (TPSA) is 187 Å². The molecule has 0 unspecified atom stereocenters. The van der Waals surface area contributed by atoms with Crippen LogP contribution in [0.25, 0.3) is 0 Å². The second kappa shape index (κ2) is 28.1. The van der Waals surface area contributed by atoms with Crippen LogP contribution in [0.1, 0.15) is 39.5 Å². The number of hydrogen-bond donors (Lipinski definition) is 1. The van der Waals surface area contributed by atoms with E-state index in [4.69, 9.17) is 15.0 Å². The van der Waals surface area contributed by atoms with E-state index >= 15 is 0 Å². The van der Waals surface area contributed by atoms with Crippen LogP contribution in [-0.2, 0) is 56.7 Å². The standard InChI is InChI=1S/C15H23B2NO8S2.C6H6BO4.C3H7NS2/c1-3-12(19)23-16-25-14(21)5-7-18(11-9-27-28-10-11)8-6-15(22)26-17-24-13(20)4-2;1-3-5(8)10-7-11-6(9)4-2;4-3-1-5-6-2-3/h11H,3-10H2,1-2H3;3-4H,1-2H2;3H,1-2,4H2. The first-order valence-electron chi connectivity index (χ1n) is 13.4. The van der Waals surface area contributed by atoms with E-state index in [0.29, 0.717) is 26.8 Å². The van der Waals surface area contributed by atoms with Crippen molar-refractivity contribution in [2.75, 3.05) is 36.1 Å². The normalized spacial score (nSPS) is 13.8. The highest BCUT2D eigenvalue weighted by Gasteiger charge is 2.25. The van der Waals surface area contributed by atoms with Gasteiger partial charge in [0.15, 0.2) is 0 Å². The fourth-order valence-corrected chi connectivity index (χ4v) is 7.93. The lowest BCUT2D eigenvalue weighted by molar-refractivity contribution is -0.140. The molecule has 2 aliphatic heterocycles. The van der Waals surface area contributed by atoms with Crippen LogP contribution in [0, 0.1) is 0 Å². The second-order valence-electron chi connectivity index (χ2n) is 8.33. The van der Waals surface area contributed by atoms with Crippen LogP contribution in [0.4, 0.5) is 0 Å². The van der Waals surface area contributed by atoms with Gasteiger partial charge in [-0.15, -0.1) is 0 Å². The largest absolute Gasteiger partial charge is 0.662 e. The van der Waals surface area contributed by atoms with Crippen LogP contribution in [0.3, 0.4) is 0 Å². The average Bonchev–Trinajstić information content (AvgIpc) is 3.75. The summed E-state index contributed by atoms with van der Waals surface area (Å²) in [6, 6.07) is 0.694. The summed E-state index contributed by atoms with van der Waals surface area (Å²) in [5, 5.41) is 0. The average molecular weight is 705 g/mol. The lowest BCUT2D eigenvalue weighted by atomic mass is 10.2. The summed E-state index contributed by atoms with van der Waals surface area (Å²) in [6.07, 6.45) is 2.42. The van der Waals surface area contributed by atoms with Gasteiger partial charge in [0, 0.05) is 73.2 Å². The molecule has 2 aliphatic rings. The number of rotatable bonds is 17. The quantitative estimate of drug-likeness (QED) is 0.130. The third-order valence-electron chi connectivity index (χ3n) is 4.93. The molecule has 21 heteroatoms.